The Kier molecular flexibility index (Phi) is 17.1. The average molecular weight is 1400 g/mol. The minimum Gasteiger partial charge on any atom is -0.493 e. The number of para-hydroxylation sites is 5. The maximum absolute atomic E-state index is 5.44. The quantitative estimate of drug-likeness (QED) is 0.114. The van der Waals surface area contributed by atoms with Gasteiger partial charge in [0.1, 0.15) is 5.82 Å². The van der Waals surface area contributed by atoms with Crippen LogP contribution in [0.3, 0.4) is 0 Å². The van der Waals surface area contributed by atoms with Crippen molar-refractivity contribution in [2.45, 2.75) is 98.8 Å². The molecule has 0 unspecified atom stereocenters. The third-order valence-corrected chi connectivity index (χ3v) is 18.3. The van der Waals surface area contributed by atoms with Crippen molar-refractivity contribution in [1.82, 2.24) is 4.98 Å². The molecule has 0 bridgehead atoms. The smallest absolute Gasteiger partial charge is 0.135 e. The van der Waals surface area contributed by atoms with E-state index in [4.69, 9.17) is 4.98 Å². The molecular formula is C88H80N5Pt-3. The van der Waals surface area contributed by atoms with Crippen LogP contribution in [-0.4, -0.2) is 4.98 Å². The fourth-order valence-corrected chi connectivity index (χ4v) is 13.4. The van der Waals surface area contributed by atoms with Crippen molar-refractivity contribution in [2.75, 3.05) is 19.6 Å². The molecule has 6 heteroatoms. The number of nitrogens with zero attached hydrogens (tertiary/aromatic N) is 5. The van der Waals surface area contributed by atoms with E-state index in [9.17, 15) is 0 Å². The predicted octanol–water partition coefficient (Wildman–Crippen LogP) is 24.4. The van der Waals surface area contributed by atoms with Gasteiger partial charge in [-0.2, -0.15) is 6.07 Å². The normalized spacial score (nSPS) is 12.8. The molecule has 0 spiro atoms. The van der Waals surface area contributed by atoms with Crippen LogP contribution in [-0.2, 0) is 43.7 Å². The Morgan fingerprint density at radius 1 is 0.404 bits per heavy atom. The van der Waals surface area contributed by atoms with E-state index >= 15 is 0 Å². The molecule has 0 atom stereocenters. The van der Waals surface area contributed by atoms with E-state index in [1.807, 2.05) is 0 Å². The van der Waals surface area contributed by atoms with Crippen LogP contribution in [0.2, 0.25) is 0 Å². The molecule has 14 rings (SSSR count). The molecule has 5 nitrogen and oxygen atoms in total. The SMILES string of the molecule is CC(C)Cc1cc(N2c3[c-]c(N(c4[c-]c(N5[CH-]N(c6c(-c7cccc(-c8ccccc8)c7)cccc6-c6cc(C(C)(C)C)cc(C(C)(C)C)c6)c6ccccc65)cc(C(C)(C)C)c4)c4ccccc4)ccc3-c3ccccc3-c3ccccc32)ncc1-c1ccccc1.[Pt]. The Bertz CT molecular complexity index is 4710. The summed E-state index contributed by atoms with van der Waals surface area (Å²) in [5.74, 6) is 1.26. The van der Waals surface area contributed by atoms with Crippen LogP contribution >= 0.6 is 0 Å². The van der Waals surface area contributed by atoms with Gasteiger partial charge in [-0.25, -0.2) is 4.98 Å². The summed E-state index contributed by atoms with van der Waals surface area (Å²) in [6.07, 6.45) is 2.98. The molecule has 2 aliphatic heterocycles. The Morgan fingerprint density at radius 3 is 1.55 bits per heavy atom. The average Bonchev–Trinajstić information content (AvgIpc) is 1.52. The molecule has 2 aliphatic rings. The second kappa shape index (κ2) is 25.4. The van der Waals surface area contributed by atoms with Crippen molar-refractivity contribution < 1.29 is 21.1 Å². The molecular weight excluding hydrogens is 1320 g/mol. The van der Waals surface area contributed by atoms with Gasteiger partial charge in [0.15, 0.2) is 0 Å². The van der Waals surface area contributed by atoms with Gasteiger partial charge in [0.05, 0.1) is 5.69 Å². The summed E-state index contributed by atoms with van der Waals surface area (Å²) in [7, 11) is 0. The van der Waals surface area contributed by atoms with Crippen molar-refractivity contribution >= 4 is 57.0 Å². The molecule has 94 heavy (non-hydrogen) atoms. The first-order valence-corrected chi connectivity index (χ1v) is 32.8. The Balaban J connectivity index is 0.00000803. The van der Waals surface area contributed by atoms with Crippen LogP contribution in [0.1, 0.15) is 98.4 Å². The second-order valence-electron chi connectivity index (χ2n) is 28.5. The summed E-state index contributed by atoms with van der Waals surface area (Å²) in [5.41, 5.74) is 27.3. The van der Waals surface area contributed by atoms with Gasteiger partial charge in [-0.1, -0.05) is 287 Å². The van der Waals surface area contributed by atoms with Gasteiger partial charge in [0.25, 0.3) is 0 Å². The van der Waals surface area contributed by atoms with Crippen LogP contribution in [0.25, 0.3) is 66.8 Å². The van der Waals surface area contributed by atoms with E-state index in [1.165, 1.54) is 38.9 Å². The standard InChI is InChI=1S/C88H80N5.Pt/c1-59(2)47-64-51-84(89-57-79(64)61-31-17-13-18-32-61)93-80-42-24-23-39-77(80)75-37-21-22-38-76(75)78-46-45-70(56-83(78)93)92(69-35-19-14-20-36-69)72-54-68(88(9,10)11)53-71(55-72)90-58-91(82-44-26-25-43-81(82)90)85-73(63-34-27-33-62(48-63)60-29-15-12-16-30-60)40-28-41-74(85)65-49-66(86(3,4)5)52-67(50-65)87(6,7)8;/h12-46,48-54,57-59H,47H2,1-11H3;/q-3;. The zero-order valence-corrected chi connectivity index (χ0v) is 58.0. The molecule has 0 fully saturated rings. The number of hydrogen-bond donors (Lipinski definition) is 0. The van der Waals surface area contributed by atoms with Gasteiger partial charge in [0, 0.05) is 72.3 Å². The summed E-state index contributed by atoms with van der Waals surface area (Å²) in [6, 6.07) is 102. The van der Waals surface area contributed by atoms with Crippen molar-refractivity contribution in [3.63, 3.8) is 0 Å². The van der Waals surface area contributed by atoms with Crippen molar-refractivity contribution in [3.05, 3.63) is 302 Å². The third-order valence-electron chi connectivity index (χ3n) is 18.3. The zero-order chi connectivity index (χ0) is 64.3. The van der Waals surface area contributed by atoms with E-state index in [0.717, 1.165) is 113 Å². The monoisotopic (exact) mass is 1400 g/mol. The molecule has 0 amide bonds. The van der Waals surface area contributed by atoms with Gasteiger partial charge in [0.2, 0.25) is 0 Å². The van der Waals surface area contributed by atoms with E-state index in [-0.39, 0.29) is 37.3 Å². The third kappa shape index (κ3) is 12.2. The minimum atomic E-state index is -0.265. The zero-order valence-electron chi connectivity index (χ0n) is 55.7. The fourth-order valence-electron chi connectivity index (χ4n) is 13.4. The Hall–Kier alpha value is -9.54. The van der Waals surface area contributed by atoms with Crippen molar-refractivity contribution in [2.24, 2.45) is 5.92 Å². The van der Waals surface area contributed by atoms with Gasteiger partial charge in [-0.05, 0) is 121 Å². The molecule has 11 aromatic carbocycles. The molecule has 0 saturated carbocycles. The first-order chi connectivity index (χ1) is 44.8. The molecule has 1 aromatic heterocycles. The number of hydrogen-bond acceptors (Lipinski definition) is 5. The van der Waals surface area contributed by atoms with Gasteiger partial charge in [-0.3, -0.25) is 0 Å². The van der Waals surface area contributed by atoms with Crippen LogP contribution in [0.15, 0.2) is 261 Å². The molecule has 0 saturated heterocycles. The summed E-state index contributed by atoms with van der Waals surface area (Å²) >= 11 is 0. The number of anilines is 10. The van der Waals surface area contributed by atoms with E-state index < -0.39 is 0 Å². The molecule has 0 aliphatic carbocycles. The van der Waals surface area contributed by atoms with Crippen molar-refractivity contribution in [1.29, 1.82) is 0 Å². The van der Waals surface area contributed by atoms with E-state index in [1.54, 1.807) is 0 Å². The number of benzene rings is 11. The van der Waals surface area contributed by atoms with Crippen molar-refractivity contribution in [3.8, 4) is 66.8 Å². The molecule has 470 valence electrons. The van der Waals surface area contributed by atoms with E-state index in [2.05, 4.69) is 376 Å². The Morgan fingerprint density at radius 2 is 0.915 bits per heavy atom. The molecule has 12 aromatic rings. The molecule has 3 heterocycles. The topological polar surface area (TPSA) is 25.9 Å². The second-order valence-corrected chi connectivity index (χ2v) is 28.5. The van der Waals surface area contributed by atoms with Crippen LogP contribution in [0, 0.1) is 24.7 Å². The van der Waals surface area contributed by atoms with Gasteiger partial charge in [-0.15, -0.1) is 53.8 Å². The summed E-state index contributed by atoms with van der Waals surface area (Å²) in [6.45, 7) is 27.8. The largest absolute Gasteiger partial charge is 0.493 e. The summed E-state index contributed by atoms with van der Waals surface area (Å²) in [5, 5.41) is 0. The maximum Gasteiger partial charge on any atom is 0.135 e. The summed E-state index contributed by atoms with van der Waals surface area (Å²) in [4.78, 5) is 14.9. The fraction of sp³-hybridized carbons (Fsp3) is 0.182. The Labute approximate surface area is 572 Å². The minimum absolute atomic E-state index is 0. The number of pyridine rings is 1. The summed E-state index contributed by atoms with van der Waals surface area (Å²) < 4.78 is 0. The van der Waals surface area contributed by atoms with E-state index in [0.29, 0.717) is 5.92 Å². The predicted molar refractivity (Wildman–Crippen MR) is 394 cm³/mol. The van der Waals surface area contributed by atoms with Crippen LogP contribution in [0.4, 0.5) is 57.0 Å². The first-order valence-electron chi connectivity index (χ1n) is 32.8. The molecule has 0 N–H and O–H groups in total. The number of rotatable bonds is 12. The number of fused-ring (bicyclic) bond motifs is 6. The van der Waals surface area contributed by atoms with Crippen LogP contribution in [0.5, 0.6) is 0 Å². The maximum atomic E-state index is 5.44. The first kappa shape index (κ1) is 63.2. The molecule has 0 radical (unpaired) electrons. The number of aromatic nitrogens is 1. The van der Waals surface area contributed by atoms with Gasteiger partial charge < -0.3 is 19.6 Å². The van der Waals surface area contributed by atoms with Crippen LogP contribution < -0.4 is 19.6 Å². The van der Waals surface area contributed by atoms with Gasteiger partial charge >= 0.3 is 0 Å².